The minimum atomic E-state index is -0.603. The molecule has 12 heavy (non-hydrogen) atoms. The smallest absolute Gasteiger partial charge is 0.236 e. The molecule has 0 saturated heterocycles. The monoisotopic (exact) mass is 162 g/mol. The van der Waals surface area contributed by atoms with E-state index in [0.717, 1.165) is 5.39 Å². The topological polar surface area (TPSA) is 38.9 Å². The molecule has 0 amide bonds. The summed E-state index contributed by atoms with van der Waals surface area (Å²) in [6, 6.07) is 8.85. The number of fused-ring (bicyclic) bond motifs is 1. The number of anilines is 1. The predicted molar refractivity (Wildman–Crippen MR) is 46.1 cm³/mol. The summed E-state index contributed by atoms with van der Waals surface area (Å²) in [4.78, 5) is 3.68. The molecule has 0 saturated carbocycles. The number of nitrogen functional groups attached to an aromatic ring is 1. The molecule has 2 N–H and O–H groups in total. The number of nitrogens with zero attached hydrogens (tertiary/aromatic N) is 1. The van der Waals surface area contributed by atoms with Gasteiger partial charge in [0.1, 0.15) is 0 Å². The van der Waals surface area contributed by atoms with E-state index in [0.29, 0.717) is 5.52 Å². The van der Waals surface area contributed by atoms with Gasteiger partial charge < -0.3 is 5.73 Å². The van der Waals surface area contributed by atoms with Gasteiger partial charge in [-0.15, -0.1) is 0 Å². The Morgan fingerprint density at radius 1 is 1.25 bits per heavy atom. The summed E-state index contributed by atoms with van der Waals surface area (Å²) in [5.74, 6) is -0.603. The zero-order valence-corrected chi connectivity index (χ0v) is 6.29. The van der Waals surface area contributed by atoms with Gasteiger partial charge in [-0.1, -0.05) is 18.2 Å². The lowest BCUT2D eigenvalue weighted by molar-refractivity contribution is 0.594. The van der Waals surface area contributed by atoms with Crippen molar-refractivity contribution in [2.45, 2.75) is 0 Å². The first-order valence-electron chi connectivity index (χ1n) is 3.58. The van der Waals surface area contributed by atoms with E-state index in [1.807, 2.05) is 18.2 Å². The van der Waals surface area contributed by atoms with Gasteiger partial charge in [-0.05, 0) is 12.1 Å². The average molecular weight is 162 g/mol. The quantitative estimate of drug-likeness (QED) is 0.601. The summed E-state index contributed by atoms with van der Waals surface area (Å²) in [6.07, 6.45) is 0. The molecule has 0 aliphatic carbocycles. The third kappa shape index (κ3) is 0.993. The van der Waals surface area contributed by atoms with Crippen molar-refractivity contribution in [2.75, 3.05) is 5.73 Å². The Morgan fingerprint density at radius 2 is 2.00 bits per heavy atom. The van der Waals surface area contributed by atoms with Gasteiger partial charge in [-0.2, -0.15) is 4.39 Å². The number of aromatic nitrogens is 1. The fraction of sp³-hybridized carbons (Fsp3) is 0. The number of hydrogen-bond acceptors (Lipinski definition) is 2. The van der Waals surface area contributed by atoms with Gasteiger partial charge in [0.2, 0.25) is 5.95 Å². The maximum Gasteiger partial charge on any atom is 0.236 e. The van der Waals surface area contributed by atoms with E-state index >= 15 is 0 Å². The Kier molecular flexibility index (Phi) is 1.43. The molecule has 0 bridgehead atoms. The number of nitrogens with two attached hydrogens (primary N) is 1. The molecule has 3 heteroatoms. The highest BCUT2D eigenvalue weighted by atomic mass is 19.1. The fourth-order valence-electron chi connectivity index (χ4n) is 1.11. The van der Waals surface area contributed by atoms with Crippen LogP contribution in [0.25, 0.3) is 10.9 Å². The van der Waals surface area contributed by atoms with Crippen LogP contribution in [0.15, 0.2) is 30.3 Å². The van der Waals surface area contributed by atoms with E-state index in [1.54, 1.807) is 12.1 Å². The van der Waals surface area contributed by atoms with E-state index in [9.17, 15) is 4.39 Å². The molecule has 60 valence electrons. The number of para-hydroxylation sites is 1. The fourth-order valence-corrected chi connectivity index (χ4v) is 1.11. The minimum absolute atomic E-state index is 0.0914. The molecule has 0 aliphatic rings. The van der Waals surface area contributed by atoms with Crippen molar-refractivity contribution in [1.82, 2.24) is 4.98 Å². The highest BCUT2D eigenvalue weighted by molar-refractivity contribution is 5.81. The molecule has 0 unspecified atom stereocenters. The first-order valence-corrected chi connectivity index (χ1v) is 3.58. The molecule has 0 spiro atoms. The highest BCUT2D eigenvalue weighted by Gasteiger charge is 2.00. The second kappa shape index (κ2) is 2.44. The van der Waals surface area contributed by atoms with Gasteiger partial charge in [0, 0.05) is 5.39 Å². The van der Waals surface area contributed by atoms with Crippen LogP contribution in [0.2, 0.25) is 0 Å². The molecule has 0 radical (unpaired) electrons. The molecule has 0 fully saturated rings. The molecule has 1 aromatic carbocycles. The second-order valence-corrected chi connectivity index (χ2v) is 2.56. The van der Waals surface area contributed by atoms with Crippen molar-refractivity contribution in [2.24, 2.45) is 0 Å². The minimum Gasteiger partial charge on any atom is -0.395 e. The average Bonchev–Trinajstić information content (AvgIpc) is 2.07. The summed E-state index contributed by atoms with van der Waals surface area (Å²) < 4.78 is 12.8. The Labute approximate surface area is 68.8 Å². The van der Waals surface area contributed by atoms with Crippen LogP contribution in [0, 0.1) is 5.95 Å². The van der Waals surface area contributed by atoms with Crippen LogP contribution in [-0.4, -0.2) is 4.98 Å². The Morgan fingerprint density at radius 3 is 2.83 bits per heavy atom. The van der Waals surface area contributed by atoms with Gasteiger partial charge >= 0.3 is 0 Å². The summed E-state index contributed by atoms with van der Waals surface area (Å²) in [5, 5.41) is 0.858. The van der Waals surface area contributed by atoms with E-state index in [4.69, 9.17) is 5.73 Å². The third-order valence-electron chi connectivity index (χ3n) is 1.70. The first kappa shape index (κ1) is 7.03. The highest BCUT2D eigenvalue weighted by Crippen LogP contribution is 2.16. The molecule has 0 atom stereocenters. The SMILES string of the molecule is Nc1cc2ccccc2nc1F. The van der Waals surface area contributed by atoms with Crippen molar-refractivity contribution in [1.29, 1.82) is 0 Å². The largest absolute Gasteiger partial charge is 0.395 e. The lowest BCUT2D eigenvalue weighted by Crippen LogP contribution is -1.93. The Balaban J connectivity index is 2.84. The first-order chi connectivity index (χ1) is 5.77. The Hall–Kier alpha value is -1.64. The molecule has 2 rings (SSSR count). The number of hydrogen-bond donors (Lipinski definition) is 1. The van der Waals surface area contributed by atoms with Gasteiger partial charge in [0.05, 0.1) is 11.2 Å². The zero-order valence-electron chi connectivity index (χ0n) is 6.29. The standard InChI is InChI=1S/C9H7FN2/c10-9-7(11)5-6-3-1-2-4-8(6)12-9/h1-5H,11H2. The third-order valence-corrected chi connectivity index (χ3v) is 1.70. The number of rotatable bonds is 0. The zero-order chi connectivity index (χ0) is 8.55. The second-order valence-electron chi connectivity index (χ2n) is 2.56. The van der Waals surface area contributed by atoms with Gasteiger partial charge in [0.25, 0.3) is 0 Å². The van der Waals surface area contributed by atoms with Crippen LogP contribution < -0.4 is 5.73 Å². The van der Waals surface area contributed by atoms with Gasteiger partial charge in [-0.3, -0.25) is 0 Å². The lowest BCUT2D eigenvalue weighted by atomic mass is 10.2. The van der Waals surface area contributed by atoms with Crippen LogP contribution >= 0.6 is 0 Å². The molecule has 2 nitrogen and oxygen atoms in total. The van der Waals surface area contributed by atoms with Crippen molar-refractivity contribution in [3.63, 3.8) is 0 Å². The van der Waals surface area contributed by atoms with Gasteiger partial charge in [0.15, 0.2) is 0 Å². The maximum atomic E-state index is 12.8. The molecular weight excluding hydrogens is 155 g/mol. The van der Waals surface area contributed by atoms with Crippen LogP contribution in [-0.2, 0) is 0 Å². The van der Waals surface area contributed by atoms with Crippen LogP contribution in [0.3, 0.4) is 0 Å². The molecule has 2 aromatic rings. The van der Waals surface area contributed by atoms with Crippen LogP contribution in [0.5, 0.6) is 0 Å². The molecule has 1 heterocycles. The van der Waals surface area contributed by atoms with Gasteiger partial charge in [-0.25, -0.2) is 4.98 Å². The lowest BCUT2D eigenvalue weighted by Gasteiger charge is -1.98. The molecule has 1 aromatic heterocycles. The predicted octanol–water partition coefficient (Wildman–Crippen LogP) is 1.96. The Bertz CT molecular complexity index is 385. The van der Waals surface area contributed by atoms with Crippen molar-refractivity contribution in [3.05, 3.63) is 36.3 Å². The molecular formula is C9H7FN2. The normalized spacial score (nSPS) is 10.4. The van der Waals surface area contributed by atoms with E-state index in [1.165, 1.54) is 0 Å². The summed E-state index contributed by atoms with van der Waals surface area (Å²) in [6.45, 7) is 0. The van der Waals surface area contributed by atoms with Crippen LogP contribution in [0.1, 0.15) is 0 Å². The molecule has 0 aliphatic heterocycles. The number of pyridine rings is 1. The van der Waals surface area contributed by atoms with E-state index in [-0.39, 0.29) is 5.69 Å². The van der Waals surface area contributed by atoms with Crippen molar-refractivity contribution in [3.8, 4) is 0 Å². The van der Waals surface area contributed by atoms with Crippen molar-refractivity contribution >= 4 is 16.6 Å². The van der Waals surface area contributed by atoms with Crippen LogP contribution in [0.4, 0.5) is 10.1 Å². The summed E-state index contributed by atoms with van der Waals surface area (Å²) in [7, 11) is 0. The number of benzene rings is 1. The maximum absolute atomic E-state index is 12.8. The number of halogens is 1. The summed E-state index contributed by atoms with van der Waals surface area (Å²) in [5.41, 5.74) is 6.07. The van der Waals surface area contributed by atoms with E-state index in [2.05, 4.69) is 4.98 Å². The summed E-state index contributed by atoms with van der Waals surface area (Å²) >= 11 is 0. The van der Waals surface area contributed by atoms with Crippen molar-refractivity contribution < 1.29 is 4.39 Å². The van der Waals surface area contributed by atoms with E-state index < -0.39 is 5.95 Å².